The highest BCUT2D eigenvalue weighted by atomic mass is 14.9. The van der Waals surface area contributed by atoms with E-state index in [1.165, 1.54) is 0 Å². The van der Waals surface area contributed by atoms with E-state index >= 15 is 0 Å². The Bertz CT molecular complexity index is 176. The van der Waals surface area contributed by atoms with Gasteiger partial charge in [0.1, 0.15) is 0 Å². The Hall–Kier alpha value is -0.990. The molecule has 2 heteroatoms. The van der Waals surface area contributed by atoms with Crippen molar-refractivity contribution in [2.75, 3.05) is 6.54 Å². The maximum atomic E-state index is 8.41. The predicted molar refractivity (Wildman–Crippen MR) is 39.0 cm³/mol. The van der Waals surface area contributed by atoms with Crippen molar-refractivity contribution in [2.45, 2.75) is 18.9 Å². The van der Waals surface area contributed by atoms with Crippen LogP contribution in [-0.4, -0.2) is 12.6 Å². The first kappa shape index (κ1) is 7.12. The molecule has 0 radical (unpaired) electrons. The van der Waals surface area contributed by atoms with Crippen LogP contribution < -0.4 is 5.32 Å². The summed E-state index contributed by atoms with van der Waals surface area (Å²) in [5.41, 5.74) is 0. The van der Waals surface area contributed by atoms with Crippen molar-refractivity contribution in [2.24, 2.45) is 5.92 Å². The zero-order valence-electron chi connectivity index (χ0n) is 5.80. The number of terminal acetylenes is 1. The molecule has 1 fully saturated rings. The van der Waals surface area contributed by atoms with E-state index in [1.807, 2.05) is 0 Å². The molecule has 0 atom stereocenters. The van der Waals surface area contributed by atoms with Crippen molar-refractivity contribution in [3.63, 3.8) is 0 Å². The molecule has 0 aromatic rings. The van der Waals surface area contributed by atoms with E-state index < -0.39 is 0 Å². The Morgan fingerprint density at radius 2 is 2.30 bits per heavy atom. The molecule has 2 nitrogen and oxygen atoms in total. The third-order valence-corrected chi connectivity index (χ3v) is 1.81. The minimum absolute atomic E-state index is 0.273. The van der Waals surface area contributed by atoms with Crippen LogP contribution in [0.3, 0.4) is 0 Å². The second-order valence-electron chi connectivity index (χ2n) is 2.58. The van der Waals surface area contributed by atoms with Crippen molar-refractivity contribution < 1.29 is 0 Å². The van der Waals surface area contributed by atoms with Gasteiger partial charge >= 0.3 is 0 Å². The van der Waals surface area contributed by atoms with E-state index in [-0.39, 0.29) is 5.92 Å². The quantitative estimate of drug-likeness (QED) is 0.558. The standard InChI is InChI=1S/C8H10N2/c1-2-3-10-8-4-7(5-8)6-9/h1,7-8,10H,3-5H2. The first-order valence-electron chi connectivity index (χ1n) is 3.43. The van der Waals surface area contributed by atoms with Crippen LogP contribution in [0.4, 0.5) is 0 Å². The monoisotopic (exact) mass is 134 g/mol. The molecule has 1 rings (SSSR count). The summed E-state index contributed by atoms with van der Waals surface area (Å²) in [5.74, 6) is 2.78. The highest BCUT2D eigenvalue weighted by Gasteiger charge is 2.27. The van der Waals surface area contributed by atoms with E-state index in [0.717, 1.165) is 12.8 Å². The topological polar surface area (TPSA) is 35.8 Å². The molecule has 0 aliphatic heterocycles. The minimum Gasteiger partial charge on any atom is -0.303 e. The second-order valence-corrected chi connectivity index (χ2v) is 2.58. The average molecular weight is 134 g/mol. The van der Waals surface area contributed by atoms with Crippen LogP contribution in [0.15, 0.2) is 0 Å². The van der Waals surface area contributed by atoms with Gasteiger partial charge in [-0.1, -0.05) is 5.92 Å². The van der Waals surface area contributed by atoms with Gasteiger partial charge in [-0.2, -0.15) is 5.26 Å². The number of hydrogen-bond acceptors (Lipinski definition) is 2. The fourth-order valence-electron chi connectivity index (χ4n) is 1.09. The maximum absolute atomic E-state index is 8.41. The summed E-state index contributed by atoms with van der Waals surface area (Å²) in [6, 6.07) is 2.72. The van der Waals surface area contributed by atoms with E-state index in [2.05, 4.69) is 17.3 Å². The third kappa shape index (κ3) is 1.50. The van der Waals surface area contributed by atoms with Gasteiger partial charge in [0.15, 0.2) is 0 Å². The van der Waals surface area contributed by atoms with Crippen LogP contribution >= 0.6 is 0 Å². The lowest BCUT2D eigenvalue weighted by Crippen LogP contribution is -2.40. The number of nitrogens with one attached hydrogen (secondary N) is 1. The Kier molecular flexibility index (Phi) is 2.31. The summed E-state index contributed by atoms with van der Waals surface area (Å²) in [7, 11) is 0. The Morgan fingerprint density at radius 1 is 1.60 bits per heavy atom. The van der Waals surface area contributed by atoms with Gasteiger partial charge in [0.05, 0.1) is 12.6 Å². The minimum atomic E-state index is 0.273. The molecule has 0 unspecified atom stereocenters. The largest absolute Gasteiger partial charge is 0.303 e. The van der Waals surface area contributed by atoms with Crippen LogP contribution in [-0.2, 0) is 0 Å². The van der Waals surface area contributed by atoms with Crippen molar-refractivity contribution in [3.05, 3.63) is 0 Å². The molecule has 0 aromatic carbocycles. The van der Waals surface area contributed by atoms with Gasteiger partial charge in [0, 0.05) is 12.0 Å². The van der Waals surface area contributed by atoms with E-state index in [1.54, 1.807) is 0 Å². The molecule has 0 amide bonds. The molecule has 0 heterocycles. The number of rotatable bonds is 2. The van der Waals surface area contributed by atoms with Gasteiger partial charge in [0.25, 0.3) is 0 Å². The normalized spacial score (nSPS) is 29.8. The summed E-state index contributed by atoms with van der Waals surface area (Å²) in [4.78, 5) is 0. The van der Waals surface area contributed by atoms with Crippen molar-refractivity contribution in [3.8, 4) is 18.4 Å². The SMILES string of the molecule is C#CCNC1CC(C#N)C1. The first-order valence-corrected chi connectivity index (χ1v) is 3.43. The van der Waals surface area contributed by atoms with Crippen LogP contribution in [0, 0.1) is 29.6 Å². The Morgan fingerprint density at radius 3 is 2.80 bits per heavy atom. The summed E-state index contributed by atoms with van der Waals surface area (Å²) < 4.78 is 0. The molecule has 1 saturated carbocycles. The summed E-state index contributed by atoms with van der Waals surface area (Å²) in [6.45, 7) is 0.628. The van der Waals surface area contributed by atoms with E-state index in [9.17, 15) is 0 Å². The Labute approximate surface area is 61.2 Å². The van der Waals surface area contributed by atoms with Gasteiger partial charge in [-0.05, 0) is 12.8 Å². The molecular formula is C8H10N2. The van der Waals surface area contributed by atoms with Gasteiger partial charge in [0.2, 0.25) is 0 Å². The molecule has 1 N–H and O–H groups in total. The van der Waals surface area contributed by atoms with Crippen LogP contribution in [0.1, 0.15) is 12.8 Å². The molecule has 0 spiro atoms. The third-order valence-electron chi connectivity index (χ3n) is 1.81. The molecule has 0 saturated heterocycles. The smallest absolute Gasteiger partial charge is 0.0657 e. The maximum Gasteiger partial charge on any atom is 0.0657 e. The van der Waals surface area contributed by atoms with E-state index in [4.69, 9.17) is 11.7 Å². The molecule has 52 valence electrons. The number of nitriles is 1. The second kappa shape index (κ2) is 3.25. The van der Waals surface area contributed by atoms with E-state index in [0.29, 0.717) is 12.6 Å². The fraction of sp³-hybridized carbons (Fsp3) is 0.625. The van der Waals surface area contributed by atoms with Gasteiger partial charge < -0.3 is 5.32 Å². The zero-order valence-corrected chi connectivity index (χ0v) is 5.80. The fourth-order valence-corrected chi connectivity index (χ4v) is 1.09. The van der Waals surface area contributed by atoms with Crippen LogP contribution in [0.2, 0.25) is 0 Å². The average Bonchev–Trinajstić information content (AvgIpc) is 1.86. The van der Waals surface area contributed by atoms with Crippen molar-refractivity contribution in [1.29, 1.82) is 5.26 Å². The molecule has 1 aliphatic rings. The van der Waals surface area contributed by atoms with Gasteiger partial charge in [-0.15, -0.1) is 6.42 Å². The predicted octanol–water partition coefficient (Wildman–Crippen LogP) is 0.511. The zero-order chi connectivity index (χ0) is 7.40. The summed E-state index contributed by atoms with van der Waals surface area (Å²) in [6.07, 6.45) is 6.99. The molecule has 1 aliphatic carbocycles. The van der Waals surface area contributed by atoms with Crippen LogP contribution in [0.5, 0.6) is 0 Å². The first-order chi connectivity index (χ1) is 4.86. The van der Waals surface area contributed by atoms with Crippen molar-refractivity contribution >= 4 is 0 Å². The summed E-state index contributed by atoms with van der Waals surface area (Å²) >= 11 is 0. The lowest BCUT2D eigenvalue weighted by atomic mass is 9.81. The highest BCUT2D eigenvalue weighted by molar-refractivity contribution is 4.99. The summed E-state index contributed by atoms with van der Waals surface area (Å²) in [5, 5.41) is 11.6. The van der Waals surface area contributed by atoms with Gasteiger partial charge in [-0.25, -0.2) is 0 Å². The van der Waals surface area contributed by atoms with Crippen LogP contribution in [0.25, 0.3) is 0 Å². The Balaban J connectivity index is 2.06. The molecule has 0 bridgehead atoms. The van der Waals surface area contributed by atoms with Gasteiger partial charge in [-0.3, -0.25) is 0 Å². The number of nitrogens with zero attached hydrogens (tertiary/aromatic N) is 1. The highest BCUT2D eigenvalue weighted by Crippen LogP contribution is 2.25. The lowest BCUT2D eigenvalue weighted by Gasteiger charge is -2.30. The van der Waals surface area contributed by atoms with Crippen molar-refractivity contribution in [1.82, 2.24) is 5.32 Å². The number of hydrogen-bond donors (Lipinski definition) is 1. The lowest BCUT2D eigenvalue weighted by molar-refractivity contribution is 0.284. The molecular weight excluding hydrogens is 124 g/mol. The molecule has 0 aromatic heterocycles. The molecule has 10 heavy (non-hydrogen) atoms.